The second-order valence-corrected chi connectivity index (χ2v) is 5.11. The molecular formula is C13H21N5O. The predicted molar refractivity (Wildman–Crippen MR) is 76.1 cm³/mol. The average molecular weight is 263 g/mol. The van der Waals surface area contributed by atoms with Crippen molar-refractivity contribution < 1.29 is 4.79 Å². The van der Waals surface area contributed by atoms with Crippen LogP contribution in [-0.2, 0) is 0 Å². The molecule has 0 bridgehead atoms. The van der Waals surface area contributed by atoms with Gasteiger partial charge in [-0.1, -0.05) is 0 Å². The Labute approximate surface area is 113 Å². The lowest BCUT2D eigenvalue weighted by Crippen LogP contribution is -2.49. The molecule has 0 spiro atoms. The Balaban J connectivity index is 2.12. The van der Waals surface area contributed by atoms with Crippen LogP contribution in [0.15, 0.2) is 12.3 Å². The van der Waals surface area contributed by atoms with Gasteiger partial charge in [0.2, 0.25) is 0 Å². The van der Waals surface area contributed by atoms with Gasteiger partial charge in [0.25, 0.3) is 5.91 Å². The third kappa shape index (κ3) is 2.96. The van der Waals surface area contributed by atoms with Crippen molar-refractivity contribution in [1.29, 1.82) is 0 Å². The first kappa shape index (κ1) is 13.6. The van der Waals surface area contributed by atoms with Gasteiger partial charge in [-0.25, -0.2) is 4.98 Å². The van der Waals surface area contributed by atoms with Gasteiger partial charge in [0.15, 0.2) is 0 Å². The number of pyridine rings is 1. The fraction of sp³-hybridized carbons (Fsp3) is 0.538. The van der Waals surface area contributed by atoms with Gasteiger partial charge in [-0.05, 0) is 19.9 Å². The van der Waals surface area contributed by atoms with E-state index in [0.29, 0.717) is 17.3 Å². The number of anilines is 2. The molecule has 0 radical (unpaired) electrons. The highest BCUT2D eigenvalue weighted by molar-refractivity contribution is 5.98. The number of primary amides is 1. The van der Waals surface area contributed by atoms with E-state index in [4.69, 9.17) is 11.5 Å². The number of nitrogens with zero attached hydrogens (tertiary/aromatic N) is 3. The number of carbonyl (C=O) groups is 1. The summed E-state index contributed by atoms with van der Waals surface area (Å²) in [6.07, 6.45) is 1.50. The molecule has 6 nitrogen and oxygen atoms in total. The highest BCUT2D eigenvalue weighted by atomic mass is 16.1. The van der Waals surface area contributed by atoms with E-state index < -0.39 is 5.91 Å². The van der Waals surface area contributed by atoms with Gasteiger partial charge >= 0.3 is 0 Å². The highest BCUT2D eigenvalue weighted by Crippen LogP contribution is 2.19. The summed E-state index contributed by atoms with van der Waals surface area (Å²) in [7, 11) is 0. The van der Waals surface area contributed by atoms with Gasteiger partial charge < -0.3 is 16.4 Å². The van der Waals surface area contributed by atoms with Gasteiger partial charge in [-0.15, -0.1) is 0 Å². The van der Waals surface area contributed by atoms with E-state index in [2.05, 4.69) is 28.6 Å². The van der Waals surface area contributed by atoms with Crippen molar-refractivity contribution in [2.45, 2.75) is 19.9 Å². The highest BCUT2D eigenvalue weighted by Gasteiger charge is 2.20. The SMILES string of the molecule is CC(C)N1CCN(c2cc(C(N)=O)c(N)cn2)CC1. The molecule has 1 aromatic rings. The Morgan fingerprint density at radius 2 is 1.95 bits per heavy atom. The first-order valence-corrected chi connectivity index (χ1v) is 6.53. The molecule has 1 fully saturated rings. The summed E-state index contributed by atoms with van der Waals surface area (Å²) in [5.74, 6) is 0.258. The van der Waals surface area contributed by atoms with Gasteiger partial charge in [-0.3, -0.25) is 9.69 Å². The predicted octanol–water partition coefficient (Wildman–Crippen LogP) is 0.293. The number of aromatic nitrogens is 1. The van der Waals surface area contributed by atoms with Gasteiger partial charge in [0, 0.05) is 32.2 Å². The van der Waals surface area contributed by atoms with Crippen LogP contribution in [0.5, 0.6) is 0 Å². The molecule has 4 N–H and O–H groups in total. The summed E-state index contributed by atoms with van der Waals surface area (Å²) in [5.41, 5.74) is 11.7. The third-order valence-electron chi connectivity index (χ3n) is 3.55. The zero-order valence-corrected chi connectivity index (χ0v) is 11.5. The van der Waals surface area contributed by atoms with Crippen molar-refractivity contribution in [3.63, 3.8) is 0 Å². The Kier molecular flexibility index (Phi) is 3.90. The van der Waals surface area contributed by atoms with Crippen molar-refractivity contribution in [3.05, 3.63) is 17.8 Å². The van der Waals surface area contributed by atoms with Gasteiger partial charge in [0.1, 0.15) is 5.82 Å². The third-order valence-corrected chi connectivity index (χ3v) is 3.55. The maximum atomic E-state index is 11.3. The van der Waals surface area contributed by atoms with Crippen LogP contribution < -0.4 is 16.4 Å². The number of rotatable bonds is 3. The number of nitrogens with two attached hydrogens (primary N) is 2. The van der Waals surface area contributed by atoms with Crippen molar-refractivity contribution in [2.75, 3.05) is 36.8 Å². The summed E-state index contributed by atoms with van der Waals surface area (Å²) < 4.78 is 0. The lowest BCUT2D eigenvalue weighted by atomic mass is 10.2. The Hall–Kier alpha value is -1.82. The number of amides is 1. The van der Waals surface area contributed by atoms with Crippen LogP contribution in [0.1, 0.15) is 24.2 Å². The molecule has 0 saturated carbocycles. The van der Waals surface area contributed by atoms with Crippen LogP contribution in [0, 0.1) is 0 Å². The molecule has 2 rings (SSSR count). The molecular weight excluding hydrogens is 242 g/mol. The normalized spacial score (nSPS) is 16.9. The van der Waals surface area contributed by atoms with E-state index in [1.807, 2.05) is 0 Å². The minimum absolute atomic E-state index is 0.331. The van der Waals surface area contributed by atoms with Gasteiger partial charge in [-0.2, -0.15) is 0 Å². The van der Waals surface area contributed by atoms with E-state index in [9.17, 15) is 4.79 Å². The van der Waals surface area contributed by atoms with Crippen molar-refractivity contribution >= 4 is 17.4 Å². The quantitative estimate of drug-likeness (QED) is 0.818. The first-order valence-electron chi connectivity index (χ1n) is 6.53. The molecule has 0 unspecified atom stereocenters. The monoisotopic (exact) mass is 263 g/mol. The zero-order chi connectivity index (χ0) is 14.0. The molecule has 1 amide bonds. The number of hydrogen-bond donors (Lipinski definition) is 2. The number of nitrogen functional groups attached to an aromatic ring is 1. The molecule has 1 aliphatic rings. The van der Waals surface area contributed by atoms with Crippen LogP contribution in [-0.4, -0.2) is 48.0 Å². The summed E-state index contributed by atoms with van der Waals surface area (Å²) >= 11 is 0. The van der Waals surface area contributed by atoms with E-state index >= 15 is 0 Å². The van der Waals surface area contributed by atoms with Crippen LogP contribution in [0.4, 0.5) is 11.5 Å². The van der Waals surface area contributed by atoms with Crippen LogP contribution in [0.3, 0.4) is 0 Å². The maximum absolute atomic E-state index is 11.3. The lowest BCUT2D eigenvalue weighted by Gasteiger charge is -2.37. The average Bonchev–Trinajstić information content (AvgIpc) is 2.39. The number of piperazine rings is 1. The lowest BCUT2D eigenvalue weighted by molar-refractivity contribution is 0.100. The summed E-state index contributed by atoms with van der Waals surface area (Å²) in [6.45, 7) is 8.18. The standard InChI is InChI=1S/C13H21N5O/c1-9(2)17-3-5-18(6-4-17)12-7-10(13(15)19)11(14)8-16-12/h7-9H,3-6,14H2,1-2H3,(H2,15,19). The zero-order valence-electron chi connectivity index (χ0n) is 11.5. The van der Waals surface area contributed by atoms with Crippen molar-refractivity contribution in [1.82, 2.24) is 9.88 Å². The topological polar surface area (TPSA) is 88.5 Å². The largest absolute Gasteiger partial charge is 0.397 e. The van der Waals surface area contributed by atoms with Gasteiger partial charge in [0.05, 0.1) is 17.4 Å². The molecule has 2 heterocycles. The molecule has 0 aliphatic carbocycles. The first-order chi connectivity index (χ1) is 8.99. The molecule has 19 heavy (non-hydrogen) atoms. The molecule has 1 aliphatic heterocycles. The van der Waals surface area contributed by atoms with Crippen molar-refractivity contribution in [3.8, 4) is 0 Å². The summed E-state index contributed by atoms with van der Waals surface area (Å²) in [5, 5.41) is 0. The molecule has 0 atom stereocenters. The number of hydrogen-bond acceptors (Lipinski definition) is 5. The second kappa shape index (κ2) is 5.44. The molecule has 104 valence electrons. The van der Waals surface area contributed by atoms with Crippen LogP contribution in [0.25, 0.3) is 0 Å². The minimum Gasteiger partial charge on any atom is -0.397 e. The Morgan fingerprint density at radius 3 is 2.47 bits per heavy atom. The van der Waals surface area contributed by atoms with E-state index in [1.165, 1.54) is 6.20 Å². The van der Waals surface area contributed by atoms with E-state index in [1.54, 1.807) is 6.07 Å². The van der Waals surface area contributed by atoms with Crippen molar-refractivity contribution in [2.24, 2.45) is 5.73 Å². The second-order valence-electron chi connectivity index (χ2n) is 5.11. The number of carbonyl (C=O) groups excluding carboxylic acids is 1. The Bertz CT molecular complexity index is 466. The molecule has 1 saturated heterocycles. The van der Waals surface area contributed by atoms with E-state index in [-0.39, 0.29) is 0 Å². The molecule has 0 aromatic carbocycles. The smallest absolute Gasteiger partial charge is 0.250 e. The summed E-state index contributed by atoms with van der Waals surface area (Å²) in [6, 6.07) is 2.24. The minimum atomic E-state index is -0.512. The van der Waals surface area contributed by atoms with Crippen LogP contribution in [0.2, 0.25) is 0 Å². The maximum Gasteiger partial charge on any atom is 0.250 e. The molecule has 6 heteroatoms. The fourth-order valence-electron chi connectivity index (χ4n) is 2.31. The fourth-order valence-corrected chi connectivity index (χ4v) is 2.31. The summed E-state index contributed by atoms with van der Waals surface area (Å²) in [4.78, 5) is 20.2. The molecule has 1 aromatic heterocycles. The van der Waals surface area contributed by atoms with E-state index in [0.717, 1.165) is 32.0 Å². The van der Waals surface area contributed by atoms with Crippen LogP contribution >= 0.6 is 0 Å². The Morgan fingerprint density at radius 1 is 1.32 bits per heavy atom.